The van der Waals surface area contributed by atoms with Gasteiger partial charge in [-0.05, 0) is 42.3 Å². The van der Waals surface area contributed by atoms with Crippen molar-refractivity contribution in [2.24, 2.45) is 0 Å². The highest BCUT2D eigenvalue weighted by Crippen LogP contribution is 2.47. The summed E-state index contributed by atoms with van der Waals surface area (Å²) in [5.41, 5.74) is 3.44. The number of methoxy groups -OCH3 is 2. The number of rotatable bonds is 4. The van der Waals surface area contributed by atoms with Crippen LogP contribution in [-0.4, -0.2) is 32.2 Å². The molecule has 2 aromatic carbocycles. The summed E-state index contributed by atoms with van der Waals surface area (Å²) in [5.74, 6) is 2.55. The molecule has 1 spiro atoms. The first-order valence-electron chi connectivity index (χ1n) is 8.94. The Balaban J connectivity index is 1.83. The molecule has 2 heterocycles. The molecule has 2 aliphatic heterocycles. The van der Waals surface area contributed by atoms with Crippen molar-refractivity contribution in [1.82, 2.24) is 4.90 Å². The summed E-state index contributed by atoms with van der Waals surface area (Å²) in [6.07, 6.45) is 2.03. The molecule has 0 fully saturated rings. The molecule has 0 amide bonds. The van der Waals surface area contributed by atoms with E-state index < -0.39 is 0 Å². The highest BCUT2D eigenvalue weighted by atomic mass is 16.5. The largest absolute Gasteiger partial charge is 0.493 e. The van der Waals surface area contributed by atoms with Gasteiger partial charge in [-0.1, -0.05) is 25.1 Å². The predicted molar refractivity (Wildman–Crippen MR) is 97.6 cm³/mol. The lowest BCUT2D eigenvalue weighted by atomic mass is 9.82. The van der Waals surface area contributed by atoms with Crippen LogP contribution in [0.15, 0.2) is 36.4 Å². The summed E-state index contributed by atoms with van der Waals surface area (Å²) in [4.78, 5) is 2.49. The van der Waals surface area contributed by atoms with Gasteiger partial charge >= 0.3 is 0 Å². The van der Waals surface area contributed by atoms with E-state index in [9.17, 15) is 0 Å². The quantitative estimate of drug-likeness (QED) is 0.849. The second kappa shape index (κ2) is 6.26. The molecule has 0 radical (unpaired) electrons. The third kappa shape index (κ3) is 2.65. The number of ether oxygens (including phenoxy) is 3. The minimum Gasteiger partial charge on any atom is -0.493 e. The first-order valence-corrected chi connectivity index (χ1v) is 8.94. The Bertz CT molecular complexity index is 762. The lowest BCUT2D eigenvalue weighted by Crippen LogP contribution is -2.48. The van der Waals surface area contributed by atoms with E-state index in [4.69, 9.17) is 14.2 Å². The van der Waals surface area contributed by atoms with Gasteiger partial charge in [0, 0.05) is 25.1 Å². The third-order valence-electron chi connectivity index (χ3n) is 5.27. The van der Waals surface area contributed by atoms with Crippen molar-refractivity contribution in [2.75, 3.05) is 27.3 Å². The smallest absolute Gasteiger partial charge is 0.161 e. The number of hydrogen-bond donors (Lipinski definition) is 0. The highest BCUT2D eigenvalue weighted by molar-refractivity contribution is 5.53. The van der Waals surface area contributed by atoms with Crippen LogP contribution in [0, 0.1) is 0 Å². The van der Waals surface area contributed by atoms with E-state index in [1.54, 1.807) is 14.2 Å². The summed E-state index contributed by atoms with van der Waals surface area (Å²) in [7, 11) is 3.38. The van der Waals surface area contributed by atoms with E-state index in [0.717, 1.165) is 49.7 Å². The van der Waals surface area contributed by atoms with E-state index in [1.807, 2.05) is 6.07 Å². The normalized spacial score (nSPS) is 21.6. The molecule has 1 unspecified atom stereocenters. The maximum absolute atomic E-state index is 6.57. The van der Waals surface area contributed by atoms with Crippen LogP contribution in [0.5, 0.6) is 17.2 Å². The van der Waals surface area contributed by atoms with Crippen molar-refractivity contribution in [2.45, 2.75) is 31.9 Å². The lowest BCUT2D eigenvalue weighted by molar-refractivity contribution is 0.0254. The second-order valence-corrected chi connectivity index (χ2v) is 6.96. The Morgan fingerprint density at radius 2 is 1.84 bits per heavy atom. The molecule has 0 saturated heterocycles. The van der Waals surface area contributed by atoms with Gasteiger partial charge in [-0.15, -0.1) is 0 Å². The molecule has 25 heavy (non-hydrogen) atoms. The molecular weight excluding hydrogens is 314 g/mol. The van der Waals surface area contributed by atoms with Crippen molar-refractivity contribution in [3.8, 4) is 17.2 Å². The van der Waals surface area contributed by atoms with Gasteiger partial charge in [0.15, 0.2) is 17.1 Å². The Morgan fingerprint density at radius 3 is 2.56 bits per heavy atom. The summed E-state index contributed by atoms with van der Waals surface area (Å²) < 4.78 is 17.7. The third-order valence-corrected chi connectivity index (χ3v) is 5.27. The van der Waals surface area contributed by atoms with Gasteiger partial charge in [0.05, 0.1) is 14.2 Å². The van der Waals surface area contributed by atoms with E-state index in [1.165, 1.54) is 16.7 Å². The zero-order valence-corrected chi connectivity index (χ0v) is 15.2. The van der Waals surface area contributed by atoms with Gasteiger partial charge in [0.25, 0.3) is 0 Å². The summed E-state index contributed by atoms with van der Waals surface area (Å²) in [6.45, 7) is 5.11. The molecule has 0 N–H and O–H groups in total. The zero-order valence-electron chi connectivity index (χ0n) is 15.2. The molecule has 4 rings (SSSR count). The molecule has 4 nitrogen and oxygen atoms in total. The van der Waals surface area contributed by atoms with Crippen LogP contribution >= 0.6 is 0 Å². The number of benzene rings is 2. The number of hydrogen-bond acceptors (Lipinski definition) is 4. The van der Waals surface area contributed by atoms with Gasteiger partial charge < -0.3 is 14.2 Å². The van der Waals surface area contributed by atoms with Gasteiger partial charge in [-0.3, -0.25) is 4.90 Å². The standard InChI is InChI=1S/C21H25NO3/c1-4-9-22-13-16-10-19(23-2)20(24-3)11-17(16)21(14-22)12-15-7-5-6-8-18(15)25-21/h5-8,10-11H,4,9,12-14H2,1-3H3. The highest BCUT2D eigenvalue weighted by Gasteiger charge is 2.46. The van der Waals surface area contributed by atoms with E-state index >= 15 is 0 Å². The van der Waals surface area contributed by atoms with Crippen LogP contribution < -0.4 is 14.2 Å². The molecule has 0 bridgehead atoms. The van der Waals surface area contributed by atoms with Crippen molar-refractivity contribution in [3.63, 3.8) is 0 Å². The minimum absolute atomic E-state index is 0.341. The van der Waals surface area contributed by atoms with Crippen LogP contribution in [0.2, 0.25) is 0 Å². The molecule has 0 saturated carbocycles. The van der Waals surface area contributed by atoms with Gasteiger partial charge in [-0.25, -0.2) is 0 Å². The van der Waals surface area contributed by atoms with Gasteiger partial charge in [-0.2, -0.15) is 0 Å². The Morgan fingerprint density at radius 1 is 1.08 bits per heavy atom. The minimum atomic E-state index is -0.341. The average Bonchev–Trinajstić information content (AvgIpc) is 2.99. The maximum Gasteiger partial charge on any atom is 0.161 e. The summed E-state index contributed by atoms with van der Waals surface area (Å²) >= 11 is 0. The van der Waals surface area contributed by atoms with Crippen molar-refractivity contribution < 1.29 is 14.2 Å². The average molecular weight is 339 g/mol. The summed E-state index contributed by atoms with van der Waals surface area (Å²) in [5, 5.41) is 0. The number of para-hydroxylation sites is 1. The van der Waals surface area contributed by atoms with Gasteiger partial charge in [0.2, 0.25) is 0 Å². The molecule has 132 valence electrons. The molecule has 4 heteroatoms. The first-order chi connectivity index (χ1) is 12.2. The van der Waals surface area contributed by atoms with Crippen molar-refractivity contribution in [1.29, 1.82) is 0 Å². The van der Waals surface area contributed by atoms with Gasteiger partial charge in [0.1, 0.15) is 5.75 Å². The van der Waals surface area contributed by atoms with E-state index in [0.29, 0.717) is 0 Å². The lowest BCUT2D eigenvalue weighted by Gasteiger charge is -2.41. The Labute approximate surface area is 149 Å². The summed E-state index contributed by atoms with van der Waals surface area (Å²) in [6, 6.07) is 12.6. The zero-order chi connectivity index (χ0) is 17.4. The molecule has 2 aliphatic rings. The fourth-order valence-electron chi connectivity index (χ4n) is 4.24. The van der Waals surface area contributed by atoms with Crippen LogP contribution in [0.1, 0.15) is 30.0 Å². The fourth-order valence-corrected chi connectivity index (χ4v) is 4.24. The molecule has 1 atom stereocenters. The van der Waals surface area contributed by atoms with Crippen LogP contribution in [-0.2, 0) is 18.6 Å². The maximum atomic E-state index is 6.57. The molecule has 0 aromatic heterocycles. The Kier molecular flexibility index (Phi) is 4.08. The van der Waals surface area contributed by atoms with Crippen molar-refractivity contribution >= 4 is 0 Å². The topological polar surface area (TPSA) is 30.9 Å². The molecule has 0 aliphatic carbocycles. The molecule has 2 aromatic rings. The first kappa shape index (κ1) is 16.3. The predicted octanol–water partition coefficient (Wildman–Crippen LogP) is 3.76. The SMILES string of the molecule is CCCN1Cc2cc(OC)c(OC)cc2C2(Cc3ccccc3O2)C1. The second-order valence-electron chi connectivity index (χ2n) is 6.96. The fraction of sp³-hybridized carbons (Fsp3) is 0.429. The van der Waals surface area contributed by atoms with E-state index in [2.05, 4.69) is 42.2 Å². The number of fused-ring (bicyclic) bond motifs is 3. The monoisotopic (exact) mass is 339 g/mol. The number of nitrogens with zero attached hydrogens (tertiary/aromatic N) is 1. The van der Waals surface area contributed by atoms with E-state index in [-0.39, 0.29) is 5.60 Å². The van der Waals surface area contributed by atoms with Crippen molar-refractivity contribution in [3.05, 3.63) is 53.1 Å². The van der Waals surface area contributed by atoms with Crippen LogP contribution in [0.4, 0.5) is 0 Å². The molecular formula is C21H25NO3. The van der Waals surface area contributed by atoms with Crippen LogP contribution in [0.3, 0.4) is 0 Å². The van der Waals surface area contributed by atoms with Crippen LogP contribution in [0.25, 0.3) is 0 Å². The Hall–Kier alpha value is -2.20.